The van der Waals surface area contributed by atoms with Gasteiger partial charge in [-0.15, -0.1) is 0 Å². The van der Waals surface area contributed by atoms with Gasteiger partial charge in [-0.1, -0.05) is 26.0 Å². The number of hydrogen-bond acceptors (Lipinski definition) is 8. The lowest BCUT2D eigenvalue weighted by Crippen LogP contribution is -2.30. The molecule has 1 N–H and O–H groups in total. The highest BCUT2D eigenvalue weighted by molar-refractivity contribution is 7.89. The summed E-state index contributed by atoms with van der Waals surface area (Å²) < 4.78 is 32.3. The van der Waals surface area contributed by atoms with Crippen molar-refractivity contribution in [2.45, 2.75) is 19.8 Å². The van der Waals surface area contributed by atoms with E-state index in [9.17, 15) is 13.2 Å². The van der Waals surface area contributed by atoms with Crippen LogP contribution in [0.15, 0.2) is 48.7 Å². The molecule has 3 heterocycles. The van der Waals surface area contributed by atoms with Crippen LogP contribution < -0.4 is 14.4 Å². The van der Waals surface area contributed by atoms with Crippen molar-refractivity contribution in [2.75, 3.05) is 32.4 Å². The number of ether oxygens (including phenoxy) is 1. The highest BCUT2D eigenvalue weighted by Gasteiger charge is 2.24. The van der Waals surface area contributed by atoms with E-state index in [4.69, 9.17) is 9.84 Å². The van der Waals surface area contributed by atoms with Gasteiger partial charge in [0.25, 0.3) is 5.91 Å². The Bertz CT molecular complexity index is 1530. The molecule has 188 valence electrons. The molecule has 0 unspecified atom stereocenters. The number of nitrogens with zero attached hydrogens (tertiary/aromatic N) is 5. The van der Waals surface area contributed by atoms with Crippen molar-refractivity contribution in [2.24, 2.45) is 0 Å². The Morgan fingerprint density at radius 2 is 1.81 bits per heavy atom. The Kier molecular flexibility index (Phi) is 6.68. The summed E-state index contributed by atoms with van der Waals surface area (Å²) in [6, 6.07) is 13.0. The summed E-state index contributed by atoms with van der Waals surface area (Å²) >= 11 is 0. The molecule has 11 heteroatoms. The number of pyridine rings is 2. The first-order chi connectivity index (χ1) is 17.0. The maximum Gasteiger partial charge on any atom is 0.283 e. The number of fused-ring (bicyclic) bond motifs is 1. The van der Waals surface area contributed by atoms with Crippen LogP contribution in [-0.2, 0) is 10.0 Å². The summed E-state index contributed by atoms with van der Waals surface area (Å²) in [6.07, 6.45) is 2.53. The van der Waals surface area contributed by atoms with E-state index in [0.29, 0.717) is 17.2 Å². The molecule has 3 aromatic heterocycles. The molecule has 0 saturated carbocycles. The van der Waals surface area contributed by atoms with Gasteiger partial charge in [0.05, 0.1) is 36.3 Å². The first kappa shape index (κ1) is 25.1. The van der Waals surface area contributed by atoms with Crippen LogP contribution in [0.2, 0.25) is 0 Å². The maximum atomic E-state index is 12.9. The van der Waals surface area contributed by atoms with Crippen LogP contribution in [0.4, 0.5) is 5.69 Å². The largest absolute Gasteiger partial charge is 0.481 e. The predicted octanol–water partition coefficient (Wildman–Crippen LogP) is 3.37. The van der Waals surface area contributed by atoms with Crippen LogP contribution in [0.25, 0.3) is 27.8 Å². The summed E-state index contributed by atoms with van der Waals surface area (Å²) in [5, 5.41) is 5.61. The van der Waals surface area contributed by atoms with Gasteiger partial charge in [-0.2, -0.15) is 5.10 Å². The lowest BCUT2D eigenvalue weighted by molar-refractivity contribution is 0.0977. The van der Waals surface area contributed by atoms with Crippen molar-refractivity contribution in [3.63, 3.8) is 0 Å². The van der Waals surface area contributed by atoms with Gasteiger partial charge < -0.3 is 9.64 Å². The first-order valence-corrected chi connectivity index (χ1v) is 13.1. The summed E-state index contributed by atoms with van der Waals surface area (Å²) in [7, 11) is 1.66. The average molecular weight is 509 g/mol. The molecule has 0 aliphatic carbocycles. The number of sulfonamides is 1. The molecule has 36 heavy (non-hydrogen) atoms. The number of aromatic nitrogens is 4. The van der Waals surface area contributed by atoms with Gasteiger partial charge in [0.2, 0.25) is 15.9 Å². The van der Waals surface area contributed by atoms with Crippen molar-refractivity contribution < 1.29 is 17.9 Å². The zero-order chi connectivity index (χ0) is 26.2. The molecular weight excluding hydrogens is 480 g/mol. The number of anilines is 1. The van der Waals surface area contributed by atoms with Gasteiger partial charge in [0.15, 0.2) is 5.65 Å². The molecule has 0 bridgehead atoms. The molecule has 0 atom stereocenters. The molecule has 0 spiro atoms. The third-order valence-electron chi connectivity index (χ3n) is 5.59. The highest BCUT2D eigenvalue weighted by atomic mass is 32.2. The van der Waals surface area contributed by atoms with Crippen molar-refractivity contribution in [3.05, 3.63) is 60.0 Å². The molecule has 0 aliphatic rings. The minimum atomic E-state index is -3.79. The second-order valence-electron chi connectivity index (χ2n) is 8.91. The number of amides is 1. The maximum absolute atomic E-state index is 12.9. The summed E-state index contributed by atoms with van der Waals surface area (Å²) in [6.45, 7) is 4.06. The Labute approximate surface area is 210 Å². The van der Waals surface area contributed by atoms with Crippen molar-refractivity contribution >= 4 is 32.7 Å². The summed E-state index contributed by atoms with van der Waals surface area (Å²) in [5.74, 6) is -0.336. The topological polar surface area (TPSA) is 119 Å². The van der Waals surface area contributed by atoms with Crippen LogP contribution in [0, 0.1) is 0 Å². The molecule has 0 aliphatic heterocycles. The molecule has 0 fully saturated rings. The molecular formula is C25H28N6O4S. The zero-order valence-electron chi connectivity index (χ0n) is 21.0. The van der Waals surface area contributed by atoms with E-state index in [1.807, 2.05) is 61.8 Å². The number of carbonyl (C=O) groups excluding carboxylic acids is 1. The van der Waals surface area contributed by atoms with Gasteiger partial charge >= 0.3 is 0 Å². The molecule has 4 aromatic rings. The lowest BCUT2D eigenvalue weighted by Gasteiger charge is -2.14. The number of rotatable bonds is 7. The Morgan fingerprint density at radius 3 is 2.33 bits per heavy atom. The van der Waals surface area contributed by atoms with Crippen LogP contribution in [0.1, 0.15) is 35.9 Å². The van der Waals surface area contributed by atoms with Crippen molar-refractivity contribution in [1.82, 2.24) is 24.5 Å². The van der Waals surface area contributed by atoms with E-state index in [-0.39, 0.29) is 11.6 Å². The molecule has 1 amide bonds. The van der Waals surface area contributed by atoms with Crippen molar-refractivity contribution in [1.29, 1.82) is 0 Å². The zero-order valence-corrected chi connectivity index (χ0v) is 21.8. The van der Waals surface area contributed by atoms with Gasteiger partial charge in [0.1, 0.15) is 5.69 Å². The summed E-state index contributed by atoms with van der Waals surface area (Å²) in [5.41, 5.74) is 4.36. The number of carbonyl (C=O) groups is 1. The number of nitrogens with one attached hydrogen (secondary N) is 1. The predicted molar refractivity (Wildman–Crippen MR) is 139 cm³/mol. The lowest BCUT2D eigenvalue weighted by atomic mass is 9.97. The molecule has 4 rings (SSSR count). The number of methoxy groups -OCH3 is 1. The van der Waals surface area contributed by atoms with E-state index in [1.165, 1.54) is 7.11 Å². The molecule has 0 radical (unpaired) electrons. The van der Waals surface area contributed by atoms with Gasteiger partial charge in [-0.25, -0.2) is 27.8 Å². The molecule has 10 nitrogen and oxygen atoms in total. The fourth-order valence-corrected chi connectivity index (χ4v) is 4.29. The van der Waals surface area contributed by atoms with Crippen molar-refractivity contribution in [3.8, 4) is 22.7 Å². The van der Waals surface area contributed by atoms with E-state index >= 15 is 0 Å². The average Bonchev–Trinajstić information content (AvgIpc) is 3.22. The van der Waals surface area contributed by atoms with E-state index in [2.05, 4.69) is 9.97 Å². The van der Waals surface area contributed by atoms with Gasteiger partial charge in [-0.3, -0.25) is 4.79 Å². The quantitative estimate of drug-likeness (QED) is 0.404. The SMILES string of the molecule is COc1ccc(-n2nc(C(C)C)c3c(-c4ccc(N(C)C)cc4)cc(C(=O)NS(C)(=O)=O)nc32)cn1. The van der Waals surface area contributed by atoms with Gasteiger partial charge in [-0.05, 0) is 41.3 Å². The minimum Gasteiger partial charge on any atom is -0.481 e. The fourth-order valence-electron chi connectivity index (χ4n) is 3.85. The molecule has 1 aromatic carbocycles. The number of benzene rings is 1. The first-order valence-electron chi connectivity index (χ1n) is 11.2. The Hall–Kier alpha value is -3.99. The Balaban J connectivity index is 2.03. The Morgan fingerprint density at radius 1 is 1.11 bits per heavy atom. The monoisotopic (exact) mass is 508 g/mol. The normalized spacial score (nSPS) is 11.6. The van der Waals surface area contributed by atoms with E-state index < -0.39 is 15.9 Å². The highest BCUT2D eigenvalue weighted by Crippen LogP contribution is 2.36. The van der Waals surface area contributed by atoms with Crippen LogP contribution in [0.5, 0.6) is 5.88 Å². The van der Waals surface area contributed by atoms with Crippen LogP contribution >= 0.6 is 0 Å². The second-order valence-corrected chi connectivity index (χ2v) is 10.7. The van der Waals surface area contributed by atoms with Gasteiger partial charge in [0, 0.05) is 25.8 Å². The van der Waals surface area contributed by atoms with E-state index in [1.54, 1.807) is 29.1 Å². The smallest absolute Gasteiger partial charge is 0.283 e. The van der Waals surface area contributed by atoms with Crippen LogP contribution in [-0.4, -0.2) is 61.5 Å². The number of hydrogen-bond donors (Lipinski definition) is 1. The molecule has 0 saturated heterocycles. The third kappa shape index (κ3) is 5.01. The van der Waals surface area contributed by atoms with E-state index in [0.717, 1.165) is 34.2 Å². The standard InChI is InChI=1S/C25H28N6O4S/c1-15(2)23-22-19(16-7-9-17(10-8-16)30(3)4)13-20(25(32)29-36(6,33)34)27-24(22)31(28-23)18-11-12-21(35-5)26-14-18/h7-15H,1-6H3,(H,29,32). The fraction of sp³-hybridized carbons (Fsp3) is 0.280. The summed E-state index contributed by atoms with van der Waals surface area (Å²) in [4.78, 5) is 23.7. The van der Waals surface area contributed by atoms with Crippen LogP contribution in [0.3, 0.4) is 0 Å². The minimum absolute atomic E-state index is 0.0391. The third-order valence-corrected chi connectivity index (χ3v) is 6.15. The second kappa shape index (κ2) is 9.57.